The molecule has 0 aliphatic rings. The number of aryl methyl sites for hydroxylation is 1. The third-order valence-electron chi connectivity index (χ3n) is 3.82. The van der Waals surface area contributed by atoms with E-state index in [1.807, 2.05) is 19.2 Å². The van der Waals surface area contributed by atoms with E-state index in [2.05, 4.69) is 23.1 Å². The Balaban J connectivity index is 1.98. The first-order chi connectivity index (χ1) is 11.6. The summed E-state index contributed by atoms with van der Waals surface area (Å²) < 4.78 is 7.85. The Labute approximate surface area is 145 Å². The van der Waals surface area contributed by atoms with Gasteiger partial charge in [0.2, 0.25) is 0 Å². The second kappa shape index (κ2) is 6.90. The maximum absolute atomic E-state index is 9.27. The SMILES string of the molecule is CCCC(Oc1cc(Cl)ccc1C#N)c1ccc2cnn(C)c2n1. The van der Waals surface area contributed by atoms with Gasteiger partial charge in [0.05, 0.1) is 17.5 Å². The van der Waals surface area contributed by atoms with Gasteiger partial charge in [-0.25, -0.2) is 4.98 Å². The molecule has 0 saturated heterocycles. The molecule has 1 aromatic carbocycles. The fourth-order valence-corrected chi connectivity index (χ4v) is 2.75. The van der Waals surface area contributed by atoms with E-state index >= 15 is 0 Å². The molecule has 0 N–H and O–H groups in total. The summed E-state index contributed by atoms with van der Waals surface area (Å²) in [7, 11) is 1.86. The van der Waals surface area contributed by atoms with Crippen molar-refractivity contribution in [2.24, 2.45) is 7.05 Å². The number of pyridine rings is 1. The highest BCUT2D eigenvalue weighted by Crippen LogP contribution is 2.30. The number of halogens is 1. The molecule has 3 rings (SSSR count). The number of rotatable bonds is 5. The number of ether oxygens (including phenoxy) is 1. The van der Waals surface area contributed by atoms with Crippen molar-refractivity contribution >= 4 is 22.6 Å². The average molecular weight is 341 g/mol. The molecule has 0 aliphatic heterocycles. The Kier molecular flexibility index (Phi) is 4.68. The van der Waals surface area contributed by atoms with Gasteiger partial charge in [0.25, 0.3) is 0 Å². The van der Waals surface area contributed by atoms with Crippen LogP contribution in [0, 0.1) is 11.3 Å². The van der Waals surface area contributed by atoms with Crippen LogP contribution in [0.2, 0.25) is 5.02 Å². The zero-order chi connectivity index (χ0) is 17.1. The fraction of sp³-hybridized carbons (Fsp3) is 0.278. The van der Waals surface area contributed by atoms with E-state index in [1.54, 1.807) is 29.1 Å². The number of hydrogen-bond acceptors (Lipinski definition) is 4. The lowest BCUT2D eigenvalue weighted by Gasteiger charge is -2.19. The minimum atomic E-state index is -0.250. The van der Waals surface area contributed by atoms with Crippen molar-refractivity contribution in [3.05, 3.63) is 52.8 Å². The lowest BCUT2D eigenvalue weighted by atomic mass is 10.1. The van der Waals surface area contributed by atoms with Crippen LogP contribution < -0.4 is 4.74 Å². The van der Waals surface area contributed by atoms with Crippen LogP contribution in [0.3, 0.4) is 0 Å². The molecule has 0 aliphatic carbocycles. The summed E-state index contributed by atoms with van der Waals surface area (Å²) in [4.78, 5) is 4.69. The van der Waals surface area contributed by atoms with Crippen molar-refractivity contribution in [1.29, 1.82) is 5.26 Å². The van der Waals surface area contributed by atoms with Gasteiger partial charge in [0, 0.05) is 23.5 Å². The van der Waals surface area contributed by atoms with Crippen molar-refractivity contribution in [3.8, 4) is 11.8 Å². The molecule has 1 atom stereocenters. The van der Waals surface area contributed by atoms with Crippen LogP contribution in [0.4, 0.5) is 0 Å². The minimum Gasteiger partial charge on any atom is -0.483 e. The van der Waals surface area contributed by atoms with Crippen LogP contribution in [-0.4, -0.2) is 14.8 Å². The number of nitriles is 1. The van der Waals surface area contributed by atoms with Gasteiger partial charge in [-0.15, -0.1) is 0 Å². The molecular weight excluding hydrogens is 324 g/mol. The van der Waals surface area contributed by atoms with Crippen molar-refractivity contribution in [2.45, 2.75) is 25.9 Å². The lowest BCUT2D eigenvalue weighted by Crippen LogP contribution is -2.11. The average Bonchev–Trinajstić information content (AvgIpc) is 2.95. The zero-order valence-corrected chi connectivity index (χ0v) is 14.3. The molecule has 2 aromatic heterocycles. The Morgan fingerprint density at radius 2 is 2.17 bits per heavy atom. The van der Waals surface area contributed by atoms with E-state index in [9.17, 15) is 5.26 Å². The standard InChI is InChI=1S/C18H17ClN4O/c1-3-4-16(24-17-9-14(19)7-5-12(17)10-20)15-8-6-13-11-21-23(2)18(13)22-15/h5-9,11,16H,3-4H2,1-2H3. The van der Waals surface area contributed by atoms with Crippen molar-refractivity contribution in [2.75, 3.05) is 0 Å². The molecule has 3 aromatic rings. The van der Waals surface area contributed by atoms with Crippen LogP contribution in [0.15, 0.2) is 36.5 Å². The molecule has 2 heterocycles. The number of hydrogen-bond donors (Lipinski definition) is 0. The normalized spacial score (nSPS) is 12.1. The maximum Gasteiger partial charge on any atom is 0.157 e. The molecule has 5 nitrogen and oxygen atoms in total. The summed E-state index contributed by atoms with van der Waals surface area (Å²) in [5.74, 6) is 0.482. The summed E-state index contributed by atoms with van der Waals surface area (Å²) in [5, 5.41) is 15.0. The minimum absolute atomic E-state index is 0.250. The van der Waals surface area contributed by atoms with Crippen LogP contribution in [0.1, 0.15) is 37.1 Å². The predicted octanol–water partition coefficient (Wildman–Crippen LogP) is 4.41. The molecule has 122 valence electrons. The molecule has 0 saturated carbocycles. The Morgan fingerprint density at radius 1 is 1.33 bits per heavy atom. The lowest BCUT2D eigenvalue weighted by molar-refractivity contribution is 0.189. The third kappa shape index (κ3) is 3.19. The highest BCUT2D eigenvalue weighted by atomic mass is 35.5. The molecule has 0 fully saturated rings. The van der Waals surface area contributed by atoms with Crippen molar-refractivity contribution < 1.29 is 4.74 Å². The Hall–Kier alpha value is -2.58. The first-order valence-electron chi connectivity index (χ1n) is 7.77. The van der Waals surface area contributed by atoms with Crippen LogP contribution in [0.5, 0.6) is 5.75 Å². The van der Waals surface area contributed by atoms with Gasteiger partial charge in [-0.2, -0.15) is 10.4 Å². The molecular formula is C18H17ClN4O. The molecule has 0 spiro atoms. The Morgan fingerprint density at radius 3 is 2.92 bits per heavy atom. The smallest absolute Gasteiger partial charge is 0.157 e. The highest BCUT2D eigenvalue weighted by Gasteiger charge is 2.18. The van der Waals surface area contributed by atoms with Gasteiger partial charge in [0.15, 0.2) is 5.65 Å². The van der Waals surface area contributed by atoms with E-state index in [1.165, 1.54) is 0 Å². The van der Waals surface area contributed by atoms with E-state index < -0.39 is 0 Å². The first-order valence-corrected chi connectivity index (χ1v) is 8.15. The van der Waals surface area contributed by atoms with Crippen LogP contribution in [-0.2, 0) is 7.05 Å². The topological polar surface area (TPSA) is 63.7 Å². The molecule has 24 heavy (non-hydrogen) atoms. The molecule has 1 unspecified atom stereocenters. The van der Waals surface area contributed by atoms with Crippen molar-refractivity contribution in [3.63, 3.8) is 0 Å². The summed E-state index contributed by atoms with van der Waals surface area (Å²) in [6.45, 7) is 2.09. The van der Waals surface area contributed by atoms with Gasteiger partial charge >= 0.3 is 0 Å². The van der Waals surface area contributed by atoms with Gasteiger partial charge in [-0.1, -0.05) is 24.9 Å². The van der Waals surface area contributed by atoms with Crippen LogP contribution >= 0.6 is 11.6 Å². The largest absolute Gasteiger partial charge is 0.483 e. The second-order valence-electron chi connectivity index (χ2n) is 5.56. The van der Waals surface area contributed by atoms with E-state index in [4.69, 9.17) is 16.3 Å². The van der Waals surface area contributed by atoms with Gasteiger partial charge in [0.1, 0.15) is 17.9 Å². The molecule has 0 radical (unpaired) electrons. The second-order valence-corrected chi connectivity index (χ2v) is 6.00. The molecule has 0 amide bonds. The summed E-state index contributed by atoms with van der Waals surface area (Å²) in [6.07, 6.45) is 3.25. The van der Waals surface area contributed by atoms with Gasteiger partial charge in [-0.05, 0) is 30.7 Å². The summed E-state index contributed by atoms with van der Waals surface area (Å²) in [5.41, 5.74) is 2.09. The highest BCUT2D eigenvalue weighted by molar-refractivity contribution is 6.30. The quantitative estimate of drug-likeness (QED) is 0.690. The predicted molar refractivity (Wildman–Crippen MR) is 93.0 cm³/mol. The third-order valence-corrected chi connectivity index (χ3v) is 4.05. The van der Waals surface area contributed by atoms with Crippen LogP contribution in [0.25, 0.3) is 11.0 Å². The van der Waals surface area contributed by atoms with Gasteiger partial charge in [-0.3, -0.25) is 4.68 Å². The van der Waals surface area contributed by atoms with Gasteiger partial charge < -0.3 is 4.74 Å². The van der Waals surface area contributed by atoms with Crippen molar-refractivity contribution in [1.82, 2.24) is 14.8 Å². The van der Waals surface area contributed by atoms with E-state index in [-0.39, 0.29) is 6.10 Å². The number of aromatic nitrogens is 3. The summed E-state index contributed by atoms with van der Waals surface area (Å²) in [6, 6.07) is 11.1. The summed E-state index contributed by atoms with van der Waals surface area (Å²) >= 11 is 6.05. The monoisotopic (exact) mass is 340 g/mol. The first kappa shape index (κ1) is 16.3. The van der Waals surface area contributed by atoms with E-state index in [0.717, 1.165) is 29.6 Å². The number of benzene rings is 1. The van der Waals surface area contributed by atoms with E-state index in [0.29, 0.717) is 16.3 Å². The molecule has 0 bridgehead atoms. The Bertz CT molecular complexity index is 913. The number of nitrogens with zero attached hydrogens (tertiary/aromatic N) is 4. The number of fused-ring (bicyclic) bond motifs is 1. The zero-order valence-electron chi connectivity index (χ0n) is 13.5. The molecule has 6 heteroatoms. The maximum atomic E-state index is 9.27. The fourth-order valence-electron chi connectivity index (χ4n) is 2.59.